The van der Waals surface area contributed by atoms with Gasteiger partial charge in [0.25, 0.3) is 5.91 Å². The molecule has 2 aliphatic carbocycles. The molecule has 1 heterocycles. The molecule has 3 aromatic carbocycles. The predicted molar refractivity (Wildman–Crippen MR) is 129 cm³/mol. The second-order valence-electron chi connectivity index (χ2n) is 8.30. The van der Waals surface area contributed by atoms with Gasteiger partial charge in [-0.05, 0) is 23.8 Å². The third kappa shape index (κ3) is 2.85. The standard InChI is InChI=1S/C28H18N2O4/c31-25-17-11-5-6-12-18(17)26(32)22-21(25)23-19(14-16-10-4-7-13-20(16)29-23)24(27(22)33)30-28(34)15-8-2-1-3-9-15/h1-14,20,29,33H,(H,30,34). The summed E-state index contributed by atoms with van der Waals surface area (Å²) in [5.74, 6) is -1.67. The Morgan fingerprint density at radius 2 is 1.56 bits per heavy atom. The van der Waals surface area contributed by atoms with Gasteiger partial charge in [0.05, 0.1) is 28.5 Å². The number of nitrogens with one attached hydrogen (secondary N) is 2. The Morgan fingerprint density at radius 1 is 0.882 bits per heavy atom. The van der Waals surface area contributed by atoms with Crippen LogP contribution >= 0.6 is 0 Å². The lowest BCUT2D eigenvalue weighted by atomic mass is 9.79. The number of allylic oxidation sites excluding steroid dienone is 2. The van der Waals surface area contributed by atoms with Gasteiger partial charge in [-0.15, -0.1) is 0 Å². The lowest BCUT2D eigenvalue weighted by Crippen LogP contribution is -2.30. The molecule has 1 atom stereocenters. The fourth-order valence-electron chi connectivity index (χ4n) is 4.70. The molecule has 164 valence electrons. The number of hydrogen-bond donors (Lipinski definition) is 3. The Balaban J connectivity index is 1.61. The summed E-state index contributed by atoms with van der Waals surface area (Å²) in [4.78, 5) is 40.0. The monoisotopic (exact) mass is 446 g/mol. The number of amides is 1. The first-order chi connectivity index (χ1) is 16.5. The van der Waals surface area contributed by atoms with Crippen molar-refractivity contribution in [2.75, 3.05) is 10.6 Å². The van der Waals surface area contributed by atoms with Gasteiger partial charge in [0.15, 0.2) is 17.3 Å². The van der Waals surface area contributed by atoms with Crippen LogP contribution in [0.15, 0.2) is 84.5 Å². The van der Waals surface area contributed by atoms with Crippen molar-refractivity contribution in [3.63, 3.8) is 0 Å². The minimum Gasteiger partial charge on any atom is -0.505 e. The first-order valence-electron chi connectivity index (χ1n) is 10.9. The molecule has 0 spiro atoms. The zero-order valence-electron chi connectivity index (χ0n) is 17.8. The summed E-state index contributed by atoms with van der Waals surface area (Å²) in [6, 6.07) is 14.9. The molecule has 3 N–H and O–H groups in total. The van der Waals surface area contributed by atoms with Crippen molar-refractivity contribution in [3.8, 4) is 5.75 Å². The second kappa shape index (κ2) is 7.42. The van der Waals surface area contributed by atoms with E-state index in [1.165, 1.54) is 0 Å². The largest absolute Gasteiger partial charge is 0.505 e. The van der Waals surface area contributed by atoms with Crippen LogP contribution in [0.4, 0.5) is 11.4 Å². The number of benzene rings is 3. The number of fused-ring (bicyclic) bond motifs is 5. The summed E-state index contributed by atoms with van der Waals surface area (Å²) in [6.07, 6.45) is 9.48. The summed E-state index contributed by atoms with van der Waals surface area (Å²) in [6.45, 7) is 0. The molecule has 0 fully saturated rings. The number of ketones is 2. The Morgan fingerprint density at radius 3 is 2.29 bits per heavy atom. The maximum Gasteiger partial charge on any atom is 0.255 e. The predicted octanol–water partition coefficient (Wildman–Crippen LogP) is 4.72. The van der Waals surface area contributed by atoms with E-state index in [0.717, 1.165) is 5.57 Å². The van der Waals surface area contributed by atoms with Crippen LogP contribution in [0.3, 0.4) is 0 Å². The highest BCUT2D eigenvalue weighted by molar-refractivity contribution is 6.32. The Hall–Kier alpha value is -4.71. The van der Waals surface area contributed by atoms with E-state index in [9.17, 15) is 19.5 Å². The van der Waals surface area contributed by atoms with Crippen molar-refractivity contribution in [1.82, 2.24) is 0 Å². The van der Waals surface area contributed by atoms with Gasteiger partial charge in [0.1, 0.15) is 0 Å². The normalized spacial score (nSPS) is 17.1. The van der Waals surface area contributed by atoms with E-state index >= 15 is 0 Å². The number of anilines is 2. The van der Waals surface area contributed by atoms with Crippen LogP contribution < -0.4 is 10.6 Å². The van der Waals surface area contributed by atoms with Crippen molar-refractivity contribution in [3.05, 3.63) is 118 Å². The van der Waals surface area contributed by atoms with Gasteiger partial charge < -0.3 is 15.7 Å². The molecule has 3 aliphatic rings. The molecule has 0 aromatic heterocycles. The van der Waals surface area contributed by atoms with E-state index in [-0.39, 0.29) is 34.2 Å². The average Bonchev–Trinajstić information content (AvgIpc) is 2.88. The minimum absolute atomic E-state index is 0.0875. The molecule has 1 amide bonds. The third-order valence-electron chi connectivity index (χ3n) is 6.33. The van der Waals surface area contributed by atoms with E-state index in [1.807, 2.05) is 30.4 Å². The van der Waals surface area contributed by atoms with Crippen LogP contribution in [-0.4, -0.2) is 28.6 Å². The fourth-order valence-corrected chi connectivity index (χ4v) is 4.70. The Labute approximate surface area is 194 Å². The number of carbonyl (C=O) groups is 3. The Kier molecular flexibility index (Phi) is 4.35. The Bertz CT molecular complexity index is 1510. The molecule has 0 radical (unpaired) electrons. The van der Waals surface area contributed by atoms with Crippen molar-refractivity contribution in [1.29, 1.82) is 0 Å². The number of rotatable bonds is 2. The van der Waals surface area contributed by atoms with Crippen LogP contribution in [0.5, 0.6) is 5.75 Å². The van der Waals surface area contributed by atoms with Crippen LogP contribution in [0.1, 0.15) is 47.8 Å². The third-order valence-corrected chi connectivity index (χ3v) is 6.33. The highest BCUT2D eigenvalue weighted by atomic mass is 16.3. The van der Waals surface area contributed by atoms with E-state index in [0.29, 0.717) is 22.4 Å². The molecular weight excluding hydrogens is 428 g/mol. The fraction of sp³-hybridized carbons (Fsp3) is 0.0357. The van der Waals surface area contributed by atoms with Crippen LogP contribution in [0, 0.1) is 0 Å². The van der Waals surface area contributed by atoms with Crippen molar-refractivity contribution < 1.29 is 19.5 Å². The SMILES string of the molecule is O=C(Nc1c(O)c2c(c3c1C=C1C=CC=CC1N3)C(=O)c1ccccc1C2=O)c1ccccc1. The van der Waals surface area contributed by atoms with Crippen LogP contribution in [0.2, 0.25) is 0 Å². The molecule has 1 aliphatic heterocycles. The highest BCUT2D eigenvalue weighted by Gasteiger charge is 2.39. The maximum atomic E-state index is 13.5. The van der Waals surface area contributed by atoms with E-state index in [1.54, 1.807) is 54.6 Å². The first kappa shape index (κ1) is 19.9. The number of hydrogen-bond acceptors (Lipinski definition) is 5. The van der Waals surface area contributed by atoms with Gasteiger partial charge in [-0.1, -0.05) is 66.8 Å². The van der Waals surface area contributed by atoms with E-state index in [2.05, 4.69) is 10.6 Å². The molecule has 6 nitrogen and oxygen atoms in total. The van der Waals surface area contributed by atoms with Crippen molar-refractivity contribution in [2.45, 2.75) is 6.04 Å². The molecule has 0 saturated carbocycles. The lowest BCUT2D eigenvalue weighted by Gasteiger charge is -2.32. The lowest BCUT2D eigenvalue weighted by molar-refractivity contribution is 0.0977. The van der Waals surface area contributed by atoms with Gasteiger partial charge in [0.2, 0.25) is 0 Å². The molecular formula is C28H18N2O4. The van der Waals surface area contributed by atoms with Crippen LogP contribution in [-0.2, 0) is 0 Å². The summed E-state index contributed by atoms with van der Waals surface area (Å²) >= 11 is 0. The van der Waals surface area contributed by atoms with Gasteiger partial charge in [-0.25, -0.2) is 0 Å². The summed E-state index contributed by atoms with van der Waals surface area (Å²) < 4.78 is 0. The first-order valence-corrected chi connectivity index (χ1v) is 10.9. The van der Waals surface area contributed by atoms with E-state index < -0.39 is 17.4 Å². The topological polar surface area (TPSA) is 95.5 Å². The number of aromatic hydroxyl groups is 1. The molecule has 3 aromatic rings. The molecule has 6 heteroatoms. The maximum absolute atomic E-state index is 13.5. The highest BCUT2D eigenvalue weighted by Crippen LogP contribution is 2.48. The summed E-state index contributed by atoms with van der Waals surface area (Å²) in [7, 11) is 0. The number of phenols is 1. The molecule has 0 saturated heterocycles. The van der Waals surface area contributed by atoms with Crippen molar-refractivity contribution >= 4 is 34.9 Å². The average molecular weight is 446 g/mol. The summed E-state index contributed by atoms with van der Waals surface area (Å²) in [5, 5.41) is 17.4. The minimum atomic E-state index is -0.462. The summed E-state index contributed by atoms with van der Waals surface area (Å²) in [5.41, 5.74) is 2.78. The molecule has 1 unspecified atom stereocenters. The number of phenolic OH excluding ortho intramolecular Hbond substituents is 1. The second-order valence-corrected chi connectivity index (χ2v) is 8.30. The molecule has 34 heavy (non-hydrogen) atoms. The van der Waals surface area contributed by atoms with Crippen LogP contribution in [0.25, 0.3) is 6.08 Å². The number of carbonyl (C=O) groups excluding carboxylic acids is 3. The quantitative estimate of drug-likeness (QED) is 0.306. The van der Waals surface area contributed by atoms with Gasteiger partial charge >= 0.3 is 0 Å². The van der Waals surface area contributed by atoms with Gasteiger partial charge in [-0.3, -0.25) is 14.4 Å². The van der Waals surface area contributed by atoms with Gasteiger partial charge in [0, 0.05) is 22.3 Å². The van der Waals surface area contributed by atoms with Gasteiger partial charge in [-0.2, -0.15) is 0 Å². The smallest absolute Gasteiger partial charge is 0.255 e. The molecule has 0 bridgehead atoms. The zero-order chi connectivity index (χ0) is 23.4. The van der Waals surface area contributed by atoms with E-state index in [4.69, 9.17) is 0 Å². The zero-order valence-corrected chi connectivity index (χ0v) is 17.8. The van der Waals surface area contributed by atoms with Crippen molar-refractivity contribution in [2.24, 2.45) is 0 Å². The molecule has 6 rings (SSSR count).